The molecule has 170 valence electrons. The van der Waals surface area contributed by atoms with E-state index in [1.165, 1.54) is 43.5 Å². The largest absolute Gasteiger partial charge is 0.467 e. The average Bonchev–Trinajstić information content (AvgIpc) is 2.83. The number of carbonyl (C=O) groups excluding carboxylic acids is 3. The number of benzene rings is 2. The van der Waals surface area contributed by atoms with Crippen LogP contribution in [0.1, 0.15) is 40.0 Å². The Morgan fingerprint density at radius 1 is 0.848 bits per heavy atom. The van der Waals surface area contributed by atoms with Crippen LogP contribution in [0.2, 0.25) is 0 Å². The molecule has 2 aromatic rings. The van der Waals surface area contributed by atoms with Crippen molar-refractivity contribution in [3.63, 3.8) is 0 Å². The second kappa shape index (κ2) is 13.0. The minimum absolute atomic E-state index is 0.278. The summed E-state index contributed by atoms with van der Waals surface area (Å²) in [7, 11) is 1.24. The molecule has 1 unspecified atom stereocenters. The maximum Gasteiger partial charge on any atom is 0.328 e. The first-order chi connectivity index (χ1) is 16.0. The van der Waals surface area contributed by atoms with E-state index in [9.17, 15) is 14.4 Å². The van der Waals surface area contributed by atoms with E-state index in [1.54, 1.807) is 24.6 Å². The highest BCUT2D eigenvalue weighted by molar-refractivity contribution is 5.97. The van der Waals surface area contributed by atoms with E-state index in [2.05, 4.69) is 20.1 Å². The molecular weight excluding hydrogens is 428 g/mol. The van der Waals surface area contributed by atoms with E-state index in [0.29, 0.717) is 48.4 Å². The molecule has 0 aliphatic rings. The minimum atomic E-state index is -0.846. The third-order valence-electron chi connectivity index (χ3n) is 4.56. The lowest BCUT2D eigenvalue weighted by Gasteiger charge is -2.16. The van der Waals surface area contributed by atoms with Gasteiger partial charge >= 0.3 is 5.97 Å². The Morgan fingerprint density at radius 2 is 1.36 bits per heavy atom. The van der Waals surface area contributed by atoms with E-state index < -0.39 is 17.9 Å². The number of hydrogen-bond acceptors (Lipinski definition) is 8. The first-order valence-corrected chi connectivity index (χ1v) is 9.97. The predicted octanol–water partition coefficient (Wildman–Crippen LogP) is 2.28. The fraction of sp³-hybridized carbons (Fsp3) is 0.261. The molecule has 0 aliphatic carbocycles. The highest BCUT2D eigenvalue weighted by atomic mass is 16.5. The van der Waals surface area contributed by atoms with Crippen molar-refractivity contribution in [3.05, 3.63) is 59.7 Å². The zero-order valence-electron chi connectivity index (χ0n) is 17.9. The molecule has 0 heterocycles. The second-order valence-corrected chi connectivity index (χ2v) is 6.74. The zero-order valence-corrected chi connectivity index (χ0v) is 17.9. The Morgan fingerprint density at radius 3 is 1.85 bits per heavy atom. The van der Waals surface area contributed by atoms with Crippen LogP contribution < -0.4 is 20.1 Å². The Balaban J connectivity index is 1.80. The number of methoxy groups -OCH3 is 1. The third-order valence-corrected chi connectivity index (χ3v) is 4.56. The SMILES string of the molecule is COC(=O)C(CCCCNC(=O)c1ccc(OC#N)cc1)NC(=O)c1ccc(OC#N)cc1. The van der Waals surface area contributed by atoms with Gasteiger partial charge in [-0.05, 0) is 67.8 Å². The number of nitrogens with zero attached hydrogens (tertiary/aromatic N) is 2. The van der Waals surface area contributed by atoms with Gasteiger partial charge in [0.15, 0.2) is 0 Å². The molecule has 10 nitrogen and oxygen atoms in total. The number of unbranched alkanes of at least 4 members (excludes halogenated alkanes) is 1. The van der Waals surface area contributed by atoms with E-state index >= 15 is 0 Å². The summed E-state index contributed by atoms with van der Waals surface area (Å²) < 4.78 is 14.1. The molecule has 2 aromatic carbocycles. The highest BCUT2D eigenvalue weighted by Crippen LogP contribution is 2.13. The molecule has 2 rings (SSSR count). The summed E-state index contributed by atoms with van der Waals surface area (Å²) in [5.41, 5.74) is 0.721. The van der Waals surface area contributed by atoms with Crippen molar-refractivity contribution in [2.75, 3.05) is 13.7 Å². The van der Waals surface area contributed by atoms with Crippen LogP contribution in [0.15, 0.2) is 48.5 Å². The fourth-order valence-corrected chi connectivity index (χ4v) is 2.86. The van der Waals surface area contributed by atoms with Crippen LogP contribution in [0.3, 0.4) is 0 Å². The van der Waals surface area contributed by atoms with Gasteiger partial charge in [-0.3, -0.25) is 9.59 Å². The number of nitriles is 2. The van der Waals surface area contributed by atoms with Gasteiger partial charge in [0.25, 0.3) is 24.3 Å². The summed E-state index contributed by atoms with van der Waals surface area (Å²) in [6.07, 6.45) is 4.54. The van der Waals surface area contributed by atoms with Crippen LogP contribution in [0.25, 0.3) is 0 Å². The number of esters is 1. The number of ether oxygens (including phenoxy) is 3. The molecule has 0 bridgehead atoms. The number of hydrogen-bond donors (Lipinski definition) is 2. The van der Waals surface area contributed by atoms with Gasteiger partial charge in [0.1, 0.15) is 17.5 Å². The maximum absolute atomic E-state index is 12.4. The molecule has 0 radical (unpaired) electrons. The molecule has 1 atom stereocenters. The standard InChI is InChI=1S/C23H22N4O6/c1-31-23(30)20(27-22(29)17-7-11-19(12-8-17)33-15-25)4-2-3-13-26-21(28)16-5-9-18(10-6-16)32-14-24/h5-12,20H,2-4,13H2,1H3,(H,26,28)(H,27,29). The van der Waals surface area contributed by atoms with Gasteiger partial charge in [-0.25, -0.2) is 4.79 Å². The van der Waals surface area contributed by atoms with Crippen LogP contribution in [-0.4, -0.2) is 37.5 Å². The third kappa shape index (κ3) is 7.89. The lowest BCUT2D eigenvalue weighted by Crippen LogP contribution is -2.41. The Kier molecular flexibility index (Phi) is 9.71. The van der Waals surface area contributed by atoms with E-state index in [0.717, 1.165) is 0 Å². The number of nitrogens with one attached hydrogen (secondary N) is 2. The van der Waals surface area contributed by atoms with Crippen LogP contribution in [0, 0.1) is 23.0 Å². The Labute approximate surface area is 190 Å². The molecule has 0 aliphatic heterocycles. The smallest absolute Gasteiger partial charge is 0.328 e. The van der Waals surface area contributed by atoms with Gasteiger partial charge in [0.05, 0.1) is 7.11 Å². The first kappa shape index (κ1) is 24.7. The summed E-state index contributed by atoms with van der Waals surface area (Å²) in [6.45, 7) is 0.372. The zero-order chi connectivity index (χ0) is 24.1. The van der Waals surface area contributed by atoms with E-state index in [4.69, 9.17) is 15.3 Å². The van der Waals surface area contributed by atoms with Gasteiger partial charge in [0.2, 0.25) is 0 Å². The van der Waals surface area contributed by atoms with Crippen molar-refractivity contribution in [1.29, 1.82) is 10.5 Å². The summed E-state index contributed by atoms with van der Waals surface area (Å²) in [4.78, 5) is 36.7. The van der Waals surface area contributed by atoms with Crippen LogP contribution in [-0.2, 0) is 9.53 Å². The number of rotatable bonds is 11. The fourth-order valence-electron chi connectivity index (χ4n) is 2.86. The maximum atomic E-state index is 12.4. The topological polar surface area (TPSA) is 151 Å². The minimum Gasteiger partial charge on any atom is -0.467 e. The second-order valence-electron chi connectivity index (χ2n) is 6.74. The van der Waals surface area contributed by atoms with E-state index in [1.807, 2.05) is 0 Å². The summed E-state index contributed by atoms with van der Waals surface area (Å²) in [6, 6.07) is 11.2. The lowest BCUT2D eigenvalue weighted by atomic mass is 10.1. The van der Waals surface area contributed by atoms with Crippen molar-refractivity contribution in [2.24, 2.45) is 0 Å². The summed E-state index contributed by atoms with van der Waals surface area (Å²) >= 11 is 0. The van der Waals surface area contributed by atoms with Gasteiger partial charge in [-0.1, -0.05) is 0 Å². The summed E-state index contributed by atoms with van der Waals surface area (Å²) in [5.74, 6) is -0.675. The first-order valence-electron chi connectivity index (χ1n) is 9.97. The molecular formula is C23H22N4O6. The number of amides is 2. The van der Waals surface area contributed by atoms with Gasteiger partial charge in [-0.2, -0.15) is 0 Å². The monoisotopic (exact) mass is 450 g/mol. The van der Waals surface area contributed by atoms with Crippen molar-refractivity contribution in [2.45, 2.75) is 25.3 Å². The normalized spacial score (nSPS) is 10.6. The molecule has 0 spiro atoms. The highest BCUT2D eigenvalue weighted by Gasteiger charge is 2.21. The number of carbonyl (C=O) groups is 3. The Hall–Kier alpha value is -4.57. The van der Waals surface area contributed by atoms with Crippen LogP contribution in [0.5, 0.6) is 11.5 Å². The molecule has 10 heteroatoms. The molecule has 0 saturated carbocycles. The predicted molar refractivity (Wildman–Crippen MR) is 115 cm³/mol. The summed E-state index contributed by atoms with van der Waals surface area (Å²) in [5, 5.41) is 22.4. The van der Waals surface area contributed by atoms with Crippen molar-refractivity contribution in [1.82, 2.24) is 10.6 Å². The van der Waals surface area contributed by atoms with Gasteiger partial charge in [0, 0.05) is 17.7 Å². The molecule has 2 N–H and O–H groups in total. The molecule has 0 aromatic heterocycles. The van der Waals surface area contributed by atoms with Crippen molar-refractivity contribution in [3.8, 4) is 24.0 Å². The molecule has 2 amide bonds. The molecule has 0 fully saturated rings. The van der Waals surface area contributed by atoms with E-state index in [-0.39, 0.29) is 5.91 Å². The van der Waals surface area contributed by atoms with Crippen LogP contribution >= 0.6 is 0 Å². The quantitative estimate of drug-likeness (QED) is 0.301. The Bertz CT molecular complexity index is 1040. The molecule has 0 saturated heterocycles. The van der Waals surface area contributed by atoms with Crippen molar-refractivity contribution < 1.29 is 28.6 Å². The van der Waals surface area contributed by atoms with Gasteiger partial charge < -0.3 is 24.8 Å². The van der Waals surface area contributed by atoms with Crippen molar-refractivity contribution >= 4 is 17.8 Å². The van der Waals surface area contributed by atoms with Gasteiger partial charge in [-0.15, -0.1) is 10.5 Å². The molecule has 33 heavy (non-hydrogen) atoms. The lowest BCUT2D eigenvalue weighted by molar-refractivity contribution is -0.143. The average molecular weight is 450 g/mol. The van der Waals surface area contributed by atoms with Crippen LogP contribution in [0.4, 0.5) is 0 Å².